The lowest BCUT2D eigenvalue weighted by Gasteiger charge is -2.32. The molecule has 0 aliphatic carbocycles. The standard InChI is InChI=1S/C22H26FN3O2/c23-18-5-3-17(4-6-18)21-15-25(13-14-28-21)16-22(27)24-19-7-9-20(10-8-19)26-11-1-2-12-26/h3-10,21H,1-2,11-16H2,(H,24,27)/t21-/m0/s1. The Labute approximate surface area is 165 Å². The Bertz CT molecular complexity index is 788. The molecule has 2 aliphatic heterocycles. The number of hydrogen-bond acceptors (Lipinski definition) is 4. The third kappa shape index (κ3) is 4.69. The van der Waals surface area contributed by atoms with E-state index in [0.717, 1.165) is 24.3 Å². The molecular formula is C22H26FN3O2. The molecule has 4 rings (SSSR count). The van der Waals surface area contributed by atoms with Gasteiger partial charge in [-0.1, -0.05) is 12.1 Å². The van der Waals surface area contributed by atoms with Crippen LogP contribution in [0.4, 0.5) is 15.8 Å². The van der Waals surface area contributed by atoms with E-state index in [9.17, 15) is 9.18 Å². The number of carbonyl (C=O) groups is 1. The number of nitrogens with zero attached hydrogens (tertiary/aromatic N) is 2. The van der Waals surface area contributed by atoms with Crippen LogP contribution in [0.3, 0.4) is 0 Å². The van der Waals surface area contributed by atoms with Gasteiger partial charge in [0.1, 0.15) is 5.82 Å². The summed E-state index contributed by atoms with van der Waals surface area (Å²) in [5, 5.41) is 2.98. The normalized spacial score (nSPS) is 20.3. The van der Waals surface area contributed by atoms with Gasteiger partial charge in [0.2, 0.25) is 5.91 Å². The molecule has 2 aromatic carbocycles. The summed E-state index contributed by atoms with van der Waals surface area (Å²) in [5.41, 5.74) is 2.96. The summed E-state index contributed by atoms with van der Waals surface area (Å²) < 4.78 is 18.9. The predicted molar refractivity (Wildman–Crippen MR) is 108 cm³/mol. The zero-order valence-electron chi connectivity index (χ0n) is 15.9. The molecule has 0 bridgehead atoms. The smallest absolute Gasteiger partial charge is 0.238 e. The van der Waals surface area contributed by atoms with Gasteiger partial charge < -0.3 is 15.0 Å². The van der Waals surface area contributed by atoms with Crippen LogP contribution >= 0.6 is 0 Å². The molecule has 1 N–H and O–H groups in total. The number of benzene rings is 2. The van der Waals surface area contributed by atoms with Gasteiger partial charge in [0.25, 0.3) is 0 Å². The Morgan fingerprint density at radius 3 is 2.46 bits per heavy atom. The highest BCUT2D eigenvalue weighted by molar-refractivity contribution is 5.92. The van der Waals surface area contributed by atoms with Crippen molar-refractivity contribution < 1.29 is 13.9 Å². The van der Waals surface area contributed by atoms with Crippen molar-refractivity contribution in [3.63, 3.8) is 0 Å². The average molecular weight is 383 g/mol. The Morgan fingerprint density at radius 2 is 1.75 bits per heavy atom. The molecule has 28 heavy (non-hydrogen) atoms. The van der Waals surface area contributed by atoms with Gasteiger partial charge in [0, 0.05) is 37.6 Å². The van der Waals surface area contributed by atoms with Crippen LogP contribution in [0.15, 0.2) is 48.5 Å². The first-order valence-corrected chi connectivity index (χ1v) is 9.92. The lowest BCUT2D eigenvalue weighted by molar-refractivity contribution is -0.119. The van der Waals surface area contributed by atoms with Crippen molar-refractivity contribution in [2.45, 2.75) is 18.9 Å². The Kier molecular flexibility index (Phi) is 5.88. The van der Waals surface area contributed by atoms with Crippen molar-refractivity contribution >= 4 is 17.3 Å². The maximum absolute atomic E-state index is 13.1. The fourth-order valence-corrected chi connectivity index (χ4v) is 3.86. The van der Waals surface area contributed by atoms with E-state index in [1.165, 1.54) is 30.7 Å². The van der Waals surface area contributed by atoms with E-state index in [-0.39, 0.29) is 17.8 Å². The van der Waals surface area contributed by atoms with Gasteiger partial charge >= 0.3 is 0 Å². The van der Waals surface area contributed by atoms with Gasteiger partial charge in [-0.15, -0.1) is 0 Å². The predicted octanol–water partition coefficient (Wildman–Crippen LogP) is 3.44. The highest BCUT2D eigenvalue weighted by Gasteiger charge is 2.23. The van der Waals surface area contributed by atoms with Gasteiger partial charge in [-0.3, -0.25) is 9.69 Å². The maximum Gasteiger partial charge on any atom is 0.238 e. The summed E-state index contributed by atoms with van der Waals surface area (Å²) in [6.45, 7) is 4.41. The molecule has 0 unspecified atom stereocenters. The Balaban J connectivity index is 1.30. The van der Waals surface area contributed by atoms with Gasteiger partial charge in [0.15, 0.2) is 0 Å². The fourth-order valence-electron chi connectivity index (χ4n) is 3.86. The molecule has 6 heteroatoms. The van der Waals surface area contributed by atoms with Gasteiger partial charge in [-0.2, -0.15) is 0 Å². The van der Waals surface area contributed by atoms with E-state index in [1.54, 1.807) is 12.1 Å². The van der Waals surface area contributed by atoms with Gasteiger partial charge in [0.05, 0.1) is 19.3 Å². The quantitative estimate of drug-likeness (QED) is 0.859. The van der Waals surface area contributed by atoms with Crippen LogP contribution in [0.25, 0.3) is 0 Å². The molecule has 0 radical (unpaired) electrons. The van der Waals surface area contributed by atoms with Crippen molar-refractivity contribution in [1.82, 2.24) is 4.90 Å². The van der Waals surface area contributed by atoms with E-state index in [4.69, 9.17) is 4.74 Å². The zero-order valence-corrected chi connectivity index (χ0v) is 15.9. The molecule has 148 valence electrons. The van der Waals surface area contributed by atoms with Crippen LogP contribution in [-0.4, -0.2) is 50.1 Å². The number of amides is 1. The number of anilines is 2. The van der Waals surface area contributed by atoms with Crippen LogP contribution in [-0.2, 0) is 9.53 Å². The second-order valence-corrected chi connectivity index (χ2v) is 7.44. The summed E-state index contributed by atoms with van der Waals surface area (Å²) in [6.07, 6.45) is 2.36. The van der Waals surface area contributed by atoms with E-state index < -0.39 is 0 Å². The van der Waals surface area contributed by atoms with Crippen molar-refractivity contribution in [2.24, 2.45) is 0 Å². The molecule has 0 saturated carbocycles. The van der Waals surface area contributed by atoms with E-state index >= 15 is 0 Å². The molecule has 1 atom stereocenters. The molecule has 0 spiro atoms. The molecular weight excluding hydrogens is 357 g/mol. The van der Waals surface area contributed by atoms with Crippen LogP contribution in [0.2, 0.25) is 0 Å². The molecule has 2 fully saturated rings. The lowest BCUT2D eigenvalue weighted by Crippen LogP contribution is -2.42. The van der Waals surface area contributed by atoms with Crippen LogP contribution in [0.1, 0.15) is 24.5 Å². The van der Waals surface area contributed by atoms with Gasteiger partial charge in [-0.05, 0) is 54.8 Å². The minimum atomic E-state index is -0.258. The number of ether oxygens (including phenoxy) is 1. The number of rotatable bonds is 5. The summed E-state index contributed by atoms with van der Waals surface area (Å²) in [4.78, 5) is 16.9. The third-order valence-electron chi connectivity index (χ3n) is 5.38. The summed E-state index contributed by atoms with van der Waals surface area (Å²) in [5.74, 6) is -0.291. The second-order valence-electron chi connectivity index (χ2n) is 7.44. The highest BCUT2D eigenvalue weighted by atomic mass is 19.1. The Hall–Kier alpha value is -2.44. The van der Waals surface area contributed by atoms with Crippen molar-refractivity contribution in [1.29, 1.82) is 0 Å². The molecule has 2 aromatic rings. The van der Waals surface area contributed by atoms with Crippen molar-refractivity contribution in [2.75, 3.05) is 49.5 Å². The fraction of sp³-hybridized carbons (Fsp3) is 0.409. The number of nitrogens with one attached hydrogen (secondary N) is 1. The summed E-state index contributed by atoms with van der Waals surface area (Å²) >= 11 is 0. The van der Waals surface area contributed by atoms with Crippen LogP contribution in [0, 0.1) is 5.82 Å². The monoisotopic (exact) mass is 383 g/mol. The SMILES string of the molecule is O=C(CN1CCO[C@H](c2ccc(F)cc2)C1)Nc1ccc(N2CCCC2)cc1. The third-order valence-corrected chi connectivity index (χ3v) is 5.38. The van der Waals surface area contributed by atoms with Gasteiger partial charge in [-0.25, -0.2) is 4.39 Å². The number of morpholine rings is 1. The second kappa shape index (κ2) is 8.71. The first kappa shape index (κ1) is 18.9. The van der Waals surface area contributed by atoms with Crippen molar-refractivity contribution in [3.05, 3.63) is 59.9 Å². The molecule has 0 aromatic heterocycles. The molecule has 5 nitrogen and oxygen atoms in total. The average Bonchev–Trinajstić information content (AvgIpc) is 3.24. The summed E-state index contributed by atoms with van der Waals surface area (Å²) in [6, 6.07) is 14.4. The van der Waals surface area contributed by atoms with E-state index in [0.29, 0.717) is 26.2 Å². The maximum atomic E-state index is 13.1. The highest BCUT2D eigenvalue weighted by Crippen LogP contribution is 2.23. The van der Waals surface area contributed by atoms with E-state index in [1.807, 2.05) is 12.1 Å². The Morgan fingerprint density at radius 1 is 1.04 bits per heavy atom. The number of halogens is 1. The number of hydrogen-bond donors (Lipinski definition) is 1. The molecule has 2 aliphatic rings. The van der Waals surface area contributed by atoms with Crippen LogP contribution in [0.5, 0.6) is 0 Å². The minimum absolute atomic E-state index is 0.0336. The number of carbonyl (C=O) groups excluding carboxylic acids is 1. The first-order valence-electron chi connectivity index (χ1n) is 9.92. The first-order chi connectivity index (χ1) is 13.7. The molecule has 1 amide bonds. The minimum Gasteiger partial charge on any atom is -0.372 e. The molecule has 2 saturated heterocycles. The lowest BCUT2D eigenvalue weighted by atomic mass is 10.1. The van der Waals surface area contributed by atoms with E-state index in [2.05, 4.69) is 27.2 Å². The van der Waals surface area contributed by atoms with Crippen molar-refractivity contribution in [3.8, 4) is 0 Å². The molecule has 2 heterocycles. The zero-order chi connectivity index (χ0) is 19.3. The topological polar surface area (TPSA) is 44.8 Å². The largest absolute Gasteiger partial charge is 0.372 e. The summed E-state index contributed by atoms with van der Waals surface area (Å²) in [7, 11) is 0. The van der Waals surface area contributed by atoms with Crippen LogP contribution < -0.4 is 10.2 Å².